The Bertz CT molecular complexity index is 1130. The first-order valence-corrected chi connectivity index (χ1v) is 9.29. The molecule has 1 amide bonds. The second kappa shape index (κ2) is 9.18. The van der Waals surface area contributed by atoms with Crippen molar-refractivity contribution >= 4 is 22.9 Å². The normalized spacial score (nSPS) is 11.3. The number of aromatic nitrogens is 2. The van der Waals surface area contributed by atoms with E-state index in [0.29, 0.717) is 17.3 Å². The number of hydrogen-bond donors (Lipinski definition) is 1. The van der Waals surface area contributed by atoms with E-state index in [9.17, 15) is 18.4 Å². The minimum atomic E-state index is -1.01. The Balaban J connectivity index is 1.87. The summed E-state index contributed by atoms with van der Waals surface area (Å²) in [5.41, 5.74) is 2.43. The second-order valence-corrected chi connectivity index (χ2v) is 6.50. The lowest BCUT2D eigenvalue weighted by molar-refractivity contribution is 0.0949. The molecule has 3 rings (SSSR count). The molecule has 1 N–H and O–H groups in total. The molecule has 0 unspecified atom stereocenters. The summed E-state index contributed by atoms with van der Waals surface area (Å²) < 4.78 is 27.5. The molecule has 0 aliphatic carbocycles. The minimum absolute atomic E-state index is 0.0686. The zero-order valence-electron chi connectivity index (χ0n) is 15.9. The number of nitrogens with zero attached hydrogens (tertiary/aromatic N) is 3. The molecule has 6 nitrogen and oxygen atoms in total. The average molecular weight is 398 g/mol. The molecule has 2 aromatic carbocycles. The summed E-state index contributed by atoms with van der Waals surface area (Å²) in [6.07, 6.45) is 3.91. The van der Waals surface area contributed by atoms with Crippen LogP contribution in [0.25, 0.3) is 10.8 Å². The minimum Gasteiger partial charge on any atom is -0.267 e. The third-order valence-corrected chi connectivity index (χ3v) is 4.38. The third-order valence-electron chi connectivity index (χ3n) is 4.38. The monoisotopic (exact) mass is 398 g/mol. The van der Waals surface area contributed by atoms with Gasteiger partial charge in [-0.3, -0.25) is 9.59 Å². The zero-order valence-corrected chi connectivity index (χ0v) is 15.9. The number of carbonyl (C=O) groups is 1. The van der Waals surface area contributed by atoms with Gasteiger partial charge in [-0.15, -0.1) is 0 Å². The van der Waals surface area contributed by atoms with Gasteiger partial charge >= 0.3 is 0 Å². The van der Waals surface area contributed by atoms with Crippen LogP contribution in [0.15, 0.2) is 52.4 Å². The van der Waals surface area contributed by atoms with Gasteiger partial charge in [-0.25, -0.2) is 18.9 Å². The summed E-state index contributed by atoms with van der Waals surface area (Å²) in [7, 11) is 0. The Morgan fingerprint density at radius 2 is 1.90 bits per heavy atom. The largest absolute Gasteiger partial charge is 0.292 e. The van der Waals surface area contributed by atoms with Crippen molar-refractivity contribution in [1.82, 2.24) is 15.2 Å². The lowest BCUT2D eigenvalue weighted by Gasteiger charge is -2.10. The number of carbonyl (C=O) groups excluding carboxylic acids is 1. The number of rotatable bonds is 7. The van der Waals surface area contributed by atoms with Crippen molar-refractivity contribution in [3.63, 3.8) is 0 Å². The van der Waals surface area contributed by atoms with Crippen LogP contribution in [0.2, 0.25) is 0 Å². The molecule has 0 fully saturated rings. The average Bonchev–Trinajstić information content (AvgIpc) is 2.72. The molecule has 150 valence electrons. The fourth-order valence-corrected chi connectivity index (χ4v) is 2.88. The maximum atomic E-state index is 13.2. The number of unbranched alkanes of at least 4 members (excludes halogenated alkanes) is 2. The molecule has 0 aliphatic heterocycles. The van der Waals surface area contributed by atoms with E-state index in [1.54, 1.807) is 24.3 Å². The lowest BCUT2D eigenvalue weighted by Crippen LogP contribution is -2.29. The van der Waals surface area contributed by atoms with Gasteiger partial charge in [0.15, 0.2) is 17.3 Å². The van der Waals surface area contributed by atoms with Crippen molar-refractivity contribution in [3.8, 4) is 0 Å². The molecule has 8 heteroatoms. The van der Waals surface area contributed by atoms with Crippen molar-refractivity contribution in [1.29, 1.82) is 0 Å². The summed E-state index contributed by atoms with van der Waals surface area (Å²) in [6.45, 7) is 2.47. The molecule has 1 aromatic heterocycles. The number of hydrogen-bond acceptors (Lipinski definition) is 4. The molecule has 0 spiro atoms. The van der Waals surface area contributed by atoms with E-state index in [2.05, 4.69) is 22.5 Å². The fraction of sp³-hybridized carbons (Fsp3) is 0.238. The van der Waals surface area contributed by atoms with Crippen molar-refractivity contribution in [2.75, 3.05) is 0 Å². The molecular weight excluding hydrogens is 378 g/mol. The van der Waals surface area contributed by atoms with E-state index in [0.717, 1.165) is 31.4 Å². The van der Waals surface area contributed by atoms with Gasteiger partial charge in [0.2, 0.25) is 0 Å². The number of aryl methyl sites for hydroxylation is 1. The highest BCUT2D eigenvalue weighted by atomic mass is 19.2. The number of benzene rings is 2. The Morgan fingerprint density at radius 3 is 2.62 bits per heavy atom. The summed E-state index contributed by atoms with van der Waals surface area (Å²) in [4.78, 5) is 25.3. The fourth-order valence-electron chi connectivity index (χ4n) is 2.88. The van der Waals surface area contributed by atoms with Gasteiger partial charge in [0.05, 0.1) is 11.6 Å². The van der Waals surface area contributed by atoms with Gasteiger partial charge in [-0.2, -0.15) is 10.2 Å². The van der Waals surface area contributed by atoms with E-state index >= 15 is 0 Å². The van der Waals surface area contributed by atoms with Crippen molar-refractivity contribution in [2.45, 2.75) is 32.7 Å². The molecule has 0 saturated heterocycles. The van der Waals surface area contributed by atoms with Crippen LogP contribution in [0.1, 0.15) is 42.2 Å². The third kappa shape index (κ3) is 4.71. The Morgan fingerprint density at radius 1 is 1.14 bits per heavy atom. The number of nitrogens with one attached hydrogen (secondary N) is 1. The molecule has 3 aromatic rings. The van der Waals surface area contributed by atoms with Crippen LogP contribution in [-0.2, 0) is 6.54 Å². The van der Waals surface area contributed by atoms with Crippen LogP contribution in [0, 0.1) is 11.6 Å². The summed E-state index contributed by atoms with van der Waals surface area (Å²) >= 11 is 0. The van der Waals surface area contributed by atoms with Crippen LogP contribution in [0.3, 0.4) is 0 Å². The zero-order chi connectivity index (χ0) is 20.8. The first kappa shape index (κ1) is 20.3. The van der Waals surface area contributed by atoms with E-state index in [1.807, 2.05) is 0 Å². The smallest absolute Gasteiger partial charge is 0.267 e. The number of fused-ring (bicyclic) bond motifs is 1. The Kier molecular flexibility index (Phi) is 6.43. The van der Waals surface area contributed by atoms with Crippen molar-refractivity contribution in [2.24, 2.45) is 5.10 Å². The van der Waals surface area contributed by atoms with Gasteiger partial charge in [0, 0.05) is 11.9 Å². The van der Waals surface area contributed by atoms with Crippen LogP contribution in [-0.4, -0.2) is 21.9 Å². The molecule has 1 heterocycles. The highest BCUT2D eigenvalue weighted by Crippen LogP contribution is 2.14. The SMILES string of the molecule is CCCCCn1nc(C(=O)N/N=C\c2ccc(F)c(F)c2)c2ccccc2c1=O. The highest BCUT2D eigenvalue weighted by Gasteiger charge is 2.16. The second-order valence-electron chi connectivity index (χ2n) is 6.50. The van der Waals surface area contributed by atoms with E-state index in [4.69, 9.17) is 0 Å². The van der Waals surface area contributed by atoms with Crippen molar-refractivity contribution < 1.29 is 13.6 Å². The van der Waals surface area contributed by atoms with Gasteiger partial charge in [0.25, 0.3) is 11.5 Å². The Labute approximate surface area is 165 Å². The number of hydrazone groups is 1. The standard InChI is InChI=1S/C21H20F2N4O2/c1-2-3-6-11-27-21(29)16-8-5-4-7-15(16)19(26-27)20(28)25-24-13-14-9-10-17(22)18(23)12-14/h4-5,7-10,12-13H,2-3,6,11H2,1H3,(H,25,28)/b24-13-. The van der Waals surface area contributed by atoms with Crippen LogP contribution >= 0.6 is 0 Å². The molecule has 0 radical (unpaired) electrons. The van der Waals surface area contributed by atoms with E-state index in [-0.39, 0.29) is 16.8 Å². The summed E-state index contributed by atoms with van der Waals surface area (Å²) in [6, 6.07) is 10.0. The molecule has 0 aliphatic rings. The van der Waals surface area contributed by atoms with Crippen molar-refractivity contribution in [3.05, 3.63) is 75.7 Å². The quantitative estimate of drug-likeness (QED) is 0.375. The topological polar surface area (TPSA) is 76.3 Å². The molecule has 0 saturated carbocycles. The number of amides is 1. The summed E-state index contributed by atoms with van der Waals surface area (Å²) in [5.74, 6) is -2.58. The maximum Gasteiger partial charge on any atom is 0.292 e. The van der Waals surface area contributed by atoms with Crippen LogP contribution < -0.4 is 11.0 Å². The molecule has 29 heavy (non-hydrogen) atoms. The maximum absolute atomic E-state index is 13.2. The van der Waals surface area contributed by atoms with Crippen LogP contribution in [0.5, 0.6) is 0 Å². The number of halogens is 2. The first-order valence-electron chi connectivity index (χ1n) is 9.29. The molecular formula is C21H20F2N4O2. The Hall–Kier alpha value is -3.42. The highest BCUT2D eigenvalue weighted by molar-refractivity contribution is 6.04. The lowest BCUT2D eigenvalue weighted by atomic mass is 10.1. The van der Waals surface area contributed by atoms with Gasteiger partial charge in [-0.1, -0.05) is 44.0 Å². The van der Waals surface area contributed by atoms with E-state index in [1.165, 1.54) is 17.0 Å². The van der Waals surface area contributed by atoms with Crippen LogP contribution in [0.4, 0.5) is 8.78 Å². The predicted molar refractivity (Wildman–Crippen MR) is 107 cm³/mol. The molecule has 0 atom stereocenters. The summed E-state index contributed by atoms with van der Waals surface area (Å²) in [5, 5.41) is 8.83. The van der Waals surface area contributed by atoms with Gasteiger partial charge in [0.1, 0.15) is 0 Å². The predicted octanol–water partition coefficient (Wildman–Crippen LogP) is 3.63. The first-order chi connectivity index (χ1) is 14.0. The van der Waals surface area contributed by atoms with E-state index < -0.39 is 17.5 Å². The molecule has 0 bridgehead atoms. The van der Waals surface area contributed by atoms with Gasteiger partial charge < -0.3 is 0 Å². The van der Waals surface area contributed by atoms with Gasteiger partial charge in [-0.05, 0) is 30.2 Å².